The summed E-state index contributed by atoms with van der Waals surface area (Å²) in [5.41, 5.74) is 0. The largest absolute Gasteiger partial charge is 0.448 e. The van der Waals surface area contributed by atoms with Gasteiger partial charge in [0.05, 0.1) is 25.2 Å². The highest BCUT2D eigenvalue weighted by atomic mass is 16.7. The second kappa shape index (κ2) is 6.45. The zero-order valence-electron chi connectivity index (χ0n) is 14.9. The topological polar surface area (TPSA) is 94.6 Å². The minimum atomic E-state index is -1.71. The van der Waals surface area contributed by atoms with Crippen molar-refractivity contribution in [2.75, 3.05) is 26.9 Å². The predicted octanol–water partition coefficient (Wildman–Crippen LogP) is 1.37. The SMILES string of the molecule is CCOC(=O)N1[C@@H]2[C@@H]3CC(=O)[C@@H]([C@@H]32)[C@@](OC)(OCC)N1C(=O)OCC. The van der Waals surface area contributed by atoms with E-state index in [0.29, 0.717) is 6.42 Å². The molecule has 3 rings (SSSR count). The van der Waals surface area contributed by atoms with Crippen molar-refractivity contribution in [3.8, 4) is 0 Å². The Morgan fingerprint density at radius 2 is 1.76 bits per heavy atom. The molecule has 0 unspecified atom stereocenters. The fourth-order valence-electron chi connectivity index (χ4n) is 4.29. The molecule has 2 saturated carbocycles. The minimum absolute atomic E-state index is 0.0173. The fraction of sp³-hybridized carbons (Fsp3) is 0.812. The van der Waals surface area contributed by atoms with E-state index in [9.17, 15) is 14.4 Å². The molecule has 0 bridgehead atoms. The van der Waals surface area contributed by atoms with Gasteiger partial charge in [0.2, 0.25) is 0 Å². The van der Waals surface area contributed by atoms with Gasteiger partial charge in [0.1, 0.15) is 5.78 Å². The Balaban J connectivity index is 2.08. The van der Waals surface area contributed by atoms with Crippen molar-refractivity contribution in [3.05, 3.63) is 0 Å². The van der Waals surface area contributed by atoms with Gasteiger partial charge in [-0.3, -0.25) is 4.79 Å². The number of hydrogen-bond acceptors (Lipinski definition) is 7. The van der Waals surface area contributed by atoms with Crippen LogP contribution in [-0.4, -0.2) is 66.9 Å². The summed E-state index contributed by atoms with van der Waals surface area (Å²) in [5.74, 6) is -2.51. The highest BCUT2D eigenvalue weighted by Crippen LogP contribution is 2.64. The van der Waals surface area contributed by atoms with Gasteiger partial charge in [0, 0.05) is 26.1 Å². The number of fused-ring (bicyclic) bond motifs is 1. The molecule has 2 aliphatic carbocycles. The quantitative estimate of drug-likeness (QED) is 0.687. The molecule has 9 heteroatoms. The summed E-state index contributed by atoms with van der Waals surface area (Å²) < 4.78 is 21.6. The number of nitrogens with zero attached hydrogens (tertiary/aromatic N) is 2. The Bertz CT molecular complexity index is 583. The van der Waals surface area contributed by atoms with Crippen LogP contribution in [0.5, 0.6) is 0 Å². The number of hydrazine groups is 1. The molecule has 0 aromatic heterocycles. The lowest BCUT2D eigenvalue weighted by Gasteiger charge is -2.51. The van der Waals surface area contributed by atoms with Crippen molar-refractivity contribution in [1.29, 1.82) is 0 Å². The number of carbonyl (C=O) groups is 3. The molecule has 5 atom stereocenters. The van der Waals surface area contributed by atoms with E-state index in [2.05, 4.69) is 0 Å². The summed E-state index contributed by atoms with van der Waals surface area (Å²) in [6.45, 7) is 5.52. The highest BCUT2D eigenvalue weighted by molar-refractivity contribution is 5.89. The summed E-state index contributed by atoms with van der Waals surface area (Å²) in [7, 11) is 1.36. The zero-order valence-corrected chi connectivity index (χ0v) is 14.9. The summed E-state index contributed by atoms with van der Waals surface area (Å²) in [5, 5.41) is 2.22. The maximum absolute atomic E-state index is 12.7. The molecule has 140 valence electrons. The molecule has 0 N–H and O–H groups in total. The molecule has 3 aliphatic rings. The average molecular weight is 356 g/mol. The van der Waals surface area contributed by atoms with Gasteiger partial charge in [-0.05, 0) is 26.7 Å². The lowest BCUT2D eigenvalue weighted by atomic mass is 9.93. The van der Waals surface area contributed by atoms with Crippen molar-refractivity contribution < 1.29 is 33.3 Å². The van der Waals surface area contributed by atoms with Crippen molar-refractivity contribution in [1.82, 2.24) is 10.0 Å². The van der Waals surface area contributed by atoms with Crippen LogP contribution in [0, 0.1) is 17.8 Å². The Kier molecular flexibility index (Phi) is 4.63. The van der Waals surface area contributed by atoms with Crippen LogP contribution in [0.3, 0.4) is 0 Å². The third-order valence-electron chi connectivity index (χ3n) is 5.08. The first-order valence-electron chi connectivity index (χ1n) is 8.63. The molecule has 0 radical (unpaired) electrons. The Labute approximate surface area is 146 Å². The first-order valence-corrected chi connectivity index (χ1v) is 8.63. The van der Waals surface area contributed by atoms with Crippen LogP contribution in [0.25, 0.3) is 0 Å². The number of hydrogen-bond donors (Lipinski definition) is 0. The van der Waals surface area contributed by atoms with E-state index in [-0.39, 0.29) is 43.5 Å². The van der Waals surface area contributed by atoms with Crippen LogP contribution >= 0.6 is 0 Å². The summed E-state index contributed by atoms with van der Waals surface area (Å²) >= 11 is 0. The molecule has 1 saturated heterocycles. The molecule has 0 spiro atoms. The summed E-state index contributed by atoms with van der Waals surface area (Å²) in [6, 6.07) is -0.283. The maximum Gasteiger partial charge on any atom is 0.433 e. The molecule has 25 heavy (non-hydrogen) atoms. The van der Waals surface area contributed by atoms with Gasteiger partial charge < -0.3 is 18.9 Å². The first-order chi connectivity index (χ1) is 12.0. The van der Waals surface area contributed by atoms with Crippen LogP contribution in [-0.2, 0) is 23.7 Å². The number of amides is 2. The number of rotatable bonds is 5. The van der Waals surface area contributed by atoms with E-state index in [1.54, 1.807) is 20.8 Å². The van der Waals surface area contributed by atoms with E-state index in [1.165, 1.54) is 12.1 Å². The standard InChI is InChI=1S/C16H24N2O7/c1-5-23-14(20)17-13-9-8-10(19)12(11(9)13)16(22-4,25-7-3)18(17)15(21)24-6-2/h9,11-13H,5-8H2,1-4H3/t9-,11-,12+,13-,16-/m1/s1. The van der Waals surface area contributed by atoms with Crippen LogP contribution in [0.4, 0.5) is 9.59 Å². The summed E-state index contributed by atoms with van der Waals surface area (Å²) in [6.07, 6.45) is -1.15. The van der Waals surface area contributed by atoms with Crippen LogP contribution in [0.2, 0.25) is 0 Å². The Morgan fingerprint density at radius 1 is 1.12 bits per heavy atom. The zero-order chi connectivity index (χ0) is 18.4. The van der Waals surface area contributed by atoms with Crippen molar-refractivity contribution in [2.24, 2.45) is 17.8 Å². The summed E-state index contributed by atoms with van der Waals surface area (Å²) in [4.78, 5) is 37.8. The van der Waals surface area contributed by atoms with Gasteiger partial charge in [-0.15, -0.1) is 0 Å². The van der Waals surface area contributed by atoms with Crippen molar-refractivity contribution in [3.63, 3.8) is 0 Å². The second-order valence-electron chi connectivity index (χ2n) is 6.20. The third-order valence-corrected chi connectivity index (χ3v) is 5.08. The number of methoxy groups -OCH3 is 1. The second-order valence-corrected chi connectivity index (χ2v) is 6.20. The average Bonchev–Trinajstić information content (AvgIpc) is 3.13. The van der Waals surface area contributed by atoms with Crippen molar-refractivity contribution in [2.45, 2.75) is 39.1 Å². The number of ketones is 1. The van der Waals surface area contributed by atoms with E-state index in [1.807, 2.05) is 0 Å². The normalized spacial score (nSPS) is 35.4. The van der Waals surface area contributed by atoms with Crippen molar-refractivity contribution >= 4 is 18.0 Å². The Hall–Kier alpha value is -1.87. The fourth-order valence-corrected chi connectivity index (χ4v) is 4.29. The highest BCUT2D eigenvalue weighted by Gasteiger charge is 2.79. The van der Waals surface area contributed by atoms with Gasteiger partial charge in [-0.1, -0.05) is 0 Å². The monoisotopic (exact) mass is 356 g/mol. The molecule has 0 aromatic rings. The lowest BCUT2D eigenvalue weighted by molar-refractivity contribution is -0.366. The first kappa shape index (κ1) is 17.9. The molecular weight excluding hydrogens is 332 g/mol. The lowest BCUT2D eigenvalue weighted by Crippen LogP contribution is -2.72. The number of carbonyl (C=O) groups excluding carboxylic acids is 3. The van der Waals surface area contributed by atoms with E-state index >= 15 is 0 Å². The van der Waals surface area contributed by atoms with Gasteiger partial charge in [-0.2, -0.15) is 5.01 Å². The molecule has 9 nitrogen and oxygen atoms in total. The molecule has 0 aromatic carbocycles. The Morgan fingerprint density at radius 3 is 2.32 bits per heavy atom. The van der Waals surface area contributed by atoms with Crippen LogP contribution in [0.15, 0.2) is 0 Å². The van der Waals surface area contributed by atoms with Crippen LogP contribution in [0.1, 0.15) is 27.2 Å². The minimum Gasteiger partial charge on any atom is -0.448 e. The van der Waals surface area contributed by atoms with Gasteiger partial charge in [0.25, 0.3) is 5.91 Å². The number of ether oxygens (including phenoxy) is 4. The molecule has 3 fully saturated rings. The third kappa shape index (κ3) is 2.40. The van der Waals surface area contributed by atoms with E-state index < -0.39 is 24.0 Å². The maximum atomic E-state index is 12.7. The van der Waals surface area contributed by atoms with Crippen LogP contribution < -0.4 is 0 Å². The van der Waals surface area contributed by atoms with E-state index in [4.69, 9.17) is 18.9 Å². The molecular formula is C16H24N2O7. The van der Waals surface area contributed by atoms with E-state index in [0.717, 1.165) is 5.01 Å². The van der Waals surface area contributed by atoms with Gasteiger partial charge in [-0.25, -0.2) is 14.6 Å². The predicted molar refractivity (Wildman–Crippen MR) is 83.0 cm³/mol. The number of Topliss-reactive ketones (excluding diaryl/α,β-unsaturated/α-hetero) is 1. The molecule has 1 aliphatic heterocycles. The molecule has 2 amide bonds. The van der Waals surface area contributed by atoms with Gasteiger partial charge >= 0.3 is 12.2 Å². The van der Waals surface area contributed by atoms with Gasteiger partial charge in [0.15, 0.2) is 0 Å². The molecule has 1 heterocycles. The smallest absolute Gasteiger partial charge is 0.433 e.